The molecule has 0 aromatic heterocycles. The number of benzene rings is 1. The lowest BCUT2D eigenvalue weighted by molar-refractivity contribution is -0.132. The molecule has 1 aromatic rings. The molecule has 7 heteroatoms. The summed E-state index contributed by atoms with van der Waals surface area (Å²) in [5, 5.41) is 9.29. The summed E-state index contributed by atoms with van der Waals surface area (Å²) in [6, 6.07) is 6.27. The number of hydrogen-bond acceptors (Lipinski definition) is 4. The van der Waals surface area contributed by atoms with Crippen molar-refractivity contribution in [1.82, 2.24) is 9.80 Å². The van der Waals surface area contributed by atoms with Gasteiger partial charge in [-0.1, -0.05) is 12.8 Å². The van der Waals surface area contributed by atoms with Crippen LogP contribution in [0, 0.1) is 0 Å². The Hall–Kier alpha value is -1.79. The molecule has 3 N–H and O–H groups in total. The van der Waals surface area contributed by atoms with E-state index in [1.807, 2.05) is 4.90 Å². The molecule has 0 aliphatic carbocycles. The first kappa shape index (κ1) is 21.3. The Labute approximate surface area is 155 Å². The van der Waals surface area contributed by atoms with E-state index in [0.29, 0.717) is 44.7 Å². The van der Waals surface area contributed by atoms with E-state index in [1.165, 1.54) is 12.1 Å². The minimum Gasteiger partial charge on any atom is -0.508 e. The van der Waals surface area contributed by atoms with E-state index < -0.39 is 0 Å². The number of nitrogens with zero attached hydrogens (tertiary/aromatic N) is 2. The average molecular weight is 370 g/mol. The summed E-state index contributed by atoms with van der Waals surface area (Å²) in [5.41, 5.74) is 6.02. The van der Waals surface area contributed by atoms with Gasteiger partial charge in [-0.05, 0) is 43.7 Å². The summed E-state index contributed by atoms with van der Waals surface area (Å²) >= 11 is 0. The molecule has 0 unspecified atom stereocenters. The number of hydrogen-bond donors (Lipinski definition) is 2. The number of aromatic hydroxyl groups is 1. The standard InChI is InChI=1S/C18H27N3O3.ClH/c19-10-4-2-1-3-5-17(23)20-11-13-21(14-12-20)18(24)15-6-8-16(22)9-7-15;/h6-9,22H,1-5,10-14,19H2;1H. The first-order chi connectivity index (χ1) is 11.6. The van der Waals surface area contributed by atoms with Crippen LogP contribution in [0.5, 0.6) is 5.75 Å². The fourth-order valence-corrected chi connectivity index (χ4v) is 2.88. The molecule has 2 amide bonds. The topological polar surface area (TPSA) is 86.9 Å². The minimum absolute atomic E-state index is 0. The molecule has 1 saturated heterocycles. The molecule has 0 radical (unpaired) electrons. The summed E-state index contributed by atoms with van der Waals surface area (Å²) in [6.07, 6.45) is 4.63. The van der Waals surface area contributed by atoms with Gasteiger partial charge in [-0.2, -0.15) is 0 Å². The third kappa shape index (κ3) is 6.55. The Morgan fingerprint density at radius 2 is 1.48 bits per heavy atom. The number of phenolic OH excluding ortho intramolecular Hbond substituents is 1. The first-order valence-corrected chi connectivity index (χ1v) is 8.68. The van der Waals surface area contributed by atoms with Crippen molar-refractivity contribution in [2.45, 2.75) is 32.1 Å². The number of carbonyl (C=O) groups excluding carboxylic acids is 2. The number of halogens is 1. The maximum absolute atomic E-state index is 12.4. The van der Waals surface area contributed by atoms with Crippen molar-refractivity contribution < 1.29 is 14.7 Å². The van der Waals surface area contributed by atoms with Crippen molar-refractivity contribution in [3.63, 3.8) is 0 Å². The maximum Gasteiger partial charge on any atom is 0.253 e. The number of rotatable bonds is 7. The smallest absolute Gasteiger partial charge is 0.253 e. The van der Waals surface area contributed by atoms with E-state index in [9.17, 15) is 14.7 Å². The second-order valence-corrected chi connectivity index (χ2v) is 6.17. The third-order valence-corrected chi connectivity index (χ3v) is 4.38. The van der Waals surface area contributed by atoms with Crippen molar-refractivity contribution in [1.29, 1.82) is 0 Å². The third-order valence-electron chi connectivity index (χ3n) is 4.38. The lowest BCUT2D eigenvalue weighted by atomic mass is 10.1. The molecule has 0 spiro atoms. The van der Waals surface area contributed by atoms with E-state index in [1.54, 1.807) is 17.0 Å². The van der Waals surface area contributed by atoms with Crippen LogP contribution < -0.4 is 5.73 Å². The number of amides is 2. The van der Waals surface area contributed by atoms with Gasteiger partial charge in [0.1, 0.15) is 5.75 Å². The number of phenols is 1. The Balaban J connectivity index is 0.00000312. The molecular weight excluding hydrogens is 342 g/mol. The molecular formula is C18H28ClN3O3. The lowest BCUT2D eigenvalue weighted by Gasteiger charge is -2.35. The second-order valence-electron chi connectivity index (χ2n) is 6.17. The zero-order chi connectivity index (χ0) is 17.4. The largest absolute Gasteiger partial charge is 0.508 e. The zero-order valence-electron chi connectivity index (χ0n) is 14.5. The Kier molecular flexibility index (Phi) is 9.31. The zero-order valence-corrected chi connectivity index (χ0v) is 15.3. The molecule has 2 rings (SSSR count). The molecule has 1 aliphatic heterocycles. The molecule has 1 fully saturated rings. The Bertz CT molecular complexity index is 543. The first-order valence-electron chi connectivity index (χ1n) is 8.68. The fraction of sp³-hybridized carbons (Fsp3) is 0.556. The van der Waals surface area contributed by atoms with Crippen LogP contribution in [0.15, 0.2) is 24.3 Å². The number of unbranched alkanes of at least 4 members (excludes halogenated alkanes) is 3. The van der Waals surface area contributed by atoms with Gasteiger partial charge in [0.2, 0.25) is 5.91 Å². The Morgan fingerprint density at radius 1 is 0.920 bits per heavy atom. The summed E-state index contributed by atoms with van der Waals surface area (Å²) in [4.78, 5) is 28.2. The summed E-state index contributed by atoms with van der Waals surface area (Å²) < 4.78 is 0. The molecule has 0 atom stereocenters. The SMILES string of the molecule is Cl.NCCCCCCC(=O)N1CCN(C(=O)c2ccc(O)cc2)CC1. The lowest BCUT2D eigenvalue weighted by Crippen LogP contribution is -2.50. The number of piperazine rings is 1. The van der Waals surface area contributed by atoms with Crippen molar-refractivity contribution in [3.05, 3.63) is 29.8 Å². The molecule has 1 aromatic carbocycles. The van der Waals surface area contributed by atoms with Gasteiger partial charge in [-0.25, -0.2) is 0 Å². The van der Waals surface area contributed by atoms with Crippen molar-refractivity contribution in [3.8, 4) is 5.75 Å². The number of carbonyl (C=O) groups is 2. The second kappa shape index (κ2) is 10.9. The van der Waals surface area contributed by atoms with Gasteiger partial charge in [-0.3, -0.25) is 9.59 Å². The highest BCUT2D eigenvalue weighted by molar-refractivity contribution is 5.94. The highest BCUT2D eigenvalue weighted by Gasteiger charge is 2.24. The van der Waals surface area contributed by atoms with Gasteiger partial charge in [0, 0.05) is 38.2 Å². The van der Waals surface area contributed by atoms with Gasteiger partial charge in [-0.15, -0.1) is 12.4 Å². The van der Waals surface area contributed by atoms with E-state index >= 15 is 0 Å². The maximum atomic E-state index is 12.4. The van der Waals surface area contributed by atoms with Crippen LogP contribution in [0.4, 0.5) is 0 Å². The molecule has 1 aliphatic rings. The van der Waals surface area contributed by atoms with Crippen LogP contribution >= 0.6 is 12.4 Å². The van der Waals surface area contributed by atoms with Crippen LogP contribution in [0.3, 0.4) is 0 Å². The van der Waals surface area contributed by atoms with Gasteiger partial charge >= 0.3 is 0 Å². The quantitative estimate of drug-likeness (QED) is 0.720. The van der Waals surface area contributed by atoms with Gasteiger partial charge in [0.15, 0.2) is 0 Å². The van der Waals surface area contributed by atoms with Gasteiger partial charge in [0.25, 0.3) is 5.91 Å². The van der Waals surface area contributed by atoms with E-state index in [0.717, 1.165) is 25.7 Å². The number of nitrogens with two attached hydrogens (primary N) is 1. The van der Waals surface area contributed by atoms with Gasteiger partial charge < -0.3 is 20.6 Å². The van der Waals surface area contributed by atoms with Gasteiger partial charge in [0.05, 0.1) is 0 Å². The fourth-order valence-electron chi connectivity index (χ4n) is 2.88. The summed E-state index contributed by atoms with van der Waals surface area (Å²) in [7, 11) is 0. The summed E-state index contributed by atoms with van der Waals surface area (Å²) in [6.45, 7) is 3.00. The molecule has 1 heterocycles. The Morgan fingerprint density at radius 3 is 2.08 bits per heavy atom. The van der Waals surface area contributed by atoms with Crippen LogP contribution in [-0.2, 0) is 4.79 Å². The average Bonchev–Trinajstić information content (AvgIpc) is 2.61. The predicted octanol–water partition coefficient (Wildman–Crippen LogP) is 2.01. The molecule has 140 valence electrons. The molecule has 0 bridgehead atoms. The van der Waals surface area contributed by atoms with Crippen LogP contribution in [-0.4, -0.2) is 59.4 Å². The van der Waals surface area contributed by atoms with Crippen LogP contribution in [0.25, 0.3) is 0 Å². The highest BCUT2D eigenvalue weighted by Crippen LogP contribution is 2.14. The van der Waals surface area contributed by atoms with Crippen LogP contribution in [0.1, 0.15) is 42.5 Å². The van der Waals surface area contributed by atoms with E-state index in [4.69, 9.17) is 5.73 Å². The monoisotopic (exact) mass is 369 g/mol. The molecule has 25 heavy (non-hydrogen) atoms. The van der Waals surface area contributed by atoms with Crippen LogP contribution in [0.2, 0.25) is 0 Å². The minimum atomic E-state index is -0.0520. The molecule has 0 saturated carbocycles. The van der Waals surface area contributed by atoms with Crippen molar-refractivity contribution in [2.75, 3.05) is 32.7 Å². The highest BCUT2D eigenvalue weighted by atomic mass is 35.5. The van der Waals surface area contributed by atoms with E-state index in [2.05, 4.69) is 0 Å². The molecule has 6 nitrogen and oxygen atoms in total. The summed E-state index contributed by atoms with van der Waals surface area (Å²) in [5.74, 6) is 0.275. The van der Waals surface area contributed by atoms with E-state index in [-0.39, 0.29) is 30.0 Å². The predicted molar refractivity (Wildman–Crippen MR) is 100.0 cm³/mol. The normalized spacial score (nSPS) is 14.1. The van der Waals surface area contributed by atoms with Crippen molar-refractivity contribution in [2.24, 2.45) is 5.73 Å². The van der Waals surface area contributed by atoms with Crippen molar-refractivity contribution >= 4 is 24.2 Å².